The average molecular weight is 334 g/mol. The number of hydrogen-bond donors (Lipinski definition) is 4. The zero-order chi connectivity index (χ0) is 17.5. The fourth-order valence-electron chi connectivity index (χ4n) is 3.09. The van der Waals surface area contributed by atoms with Gasteiger partial charge in [0.2, 0.25) is 0 Å². The molecule has 0 bridgehead atoms. The van der Waals surface area contributed by atoms with Gasteiger partial charge < -0.3 is 20.4 Å². The number of rotatable bonds is 6. The van der Waals surface area contributed by atoms with Crippen molar-refractivity contribution in [3.63, 3.8) is 0 Å². The van der Waals surface area contributed by atoms with Crippen molar-refractivity contribution in [2.75, 3.05) is 38.0 Å². The number of carbonyl (C=O) groups excluding carboxylic acids is 2. The second-order valence-electron chi connectivity index (χ2n) is 6.88. The first-order chi connectivity index (χ1) is 11.5. The molecule has 0 aromatic heterocycles. The Morgan fingerprint density at radius 2 is 1.67 bits per heavy atom. The van der Waals surface area contributed by atoms with E-state index >= 15 is 0 Å². The largest absolute Gasteiger partial charge is 0.349 e. The minimum atomic E-state index is -0.0868. The van der Waals surface area contributed by atoms with Crippen LogP contribution in [0.15, 0.2) is 30.3 Å². The molecule has 6 heteroatoms. The van der Waals surface area contributed by atoms with Gasteiger partial charge in [-0.05, 0) is 32.9 Å². The number of quaternary nitrogens is 2. The maximum Gasteiger partial charge on any atom is 0.282 e. The summed E-state index contributed by atoms with van der Waals surface area (Å²) < 4.78 is 0. The molecule has 1 heterocycles. The van der Waals surface area contributed by atoms with Gasteiger partial charge in [0.15, 0.2) is 12.6 Å². The molecule has 2 amide bonds. The van der Waals surface area contributed by atoms with Gasteiger partial charge in [-0.2, -0.15) is 0 Å². The second kappa shape index (κ2) is 8.80. The van der Waals surface area contributed by atoms with E-state index in [1.165, 1.54) is 9.80 Å². The van der Waals surface area contributed by atoms with Crippen LogP contribution in [0.3, 0.4) is 0 Å². The summed E-state index contributed by atoms with van der Waals surface area (Å²) in [6.07, 6.45) is 0. The number of nitrogens with one attached hydrogen (secondary N) is 4. The van der Waals surface area contributed by atoms with Gasteiger partial charge >= 0.3 is 0 Å². The standard InChI is InChI=1S/C18H28N4O2/c1-14(2)19-17(23)13-21-9-11-22(12-10-21)15(3)18(24)20-16-7-5-4-6-8-16/h4-8,14-15H,9-13H2,1-3H3,(H,19,23)(H,20,24)/p+2/t15-/m1/s1. The number of amides is 2. The third kappa shape index (κ3) is 5.62. The molecule has 1 saturated heterocycles. The predicted octanol–water partition coefficient (Wildman–Crippen LogP) is -1.68. The third-order valence-electron chi connectivity index (χ3n) is 4.51. The quantitative estimate of drug-likeness (QED) is 0.502. The number of benzene rings is 1. The summed E-state index contributed by atoms with van der Waals surface area (Å²) in [7, 11) is 0. The van der Waals surface area contributed by atoms with E-state index in [4.69, 9.17) is 0 Å². The summed E-state index contributed by atoms with van der Waals surface area (Å²) in [6.45, 7) is 10.1. The van der Waals surface area contributed by atoms with Crippen molar-refractivity contribution in [3.8, 4) is 0 Å². The summed E-state index contributed by atoms with van der Waals surface area (Å²) in [5.41, 5.74) is 0.836. The van der Waals surface area contributed by atoms with Crippen LogP contribution in [-0.2, 0) is 9.59 Å². The van der Waals surface area contributed by atoms with E-state index in [2.05, 4.69) is 10.6 Å². The van der Waals surface area contributed by atoms with Gasteiger partial charge in [-0.3, -0.25) is 9.59 Å². The first kappa shape index (κ1) is 18.4. The molecule has 4 N–H and O–H groups in total. The summed E-state index contributed by atoms with van der Waals surface area (Å²) in [4.78, 5) is 26.8. The van der Waals surface area contributed by atoms with Crippen LogP contribution < -0.4 is 20.4 Å². The van der Waals surface area contributed by atoms with Gasteiger partial charge in [0.25, 0.3) is 11.8 Å². The van der Waals surface area contributed by atoms with Gasteiger partial charge in [0.05, 0.1) is 0 Å². The van der Waals surface area contributed by atoms with Crippen LogP contribution in [0.1, 0.15) is 20.8 Å². The lowest BCUT2D eigenvalue weighted by Gasteiger charge is -2.32. The molecule has 1 aromatic carbocycles. The molecule has 0 radical (unpaired) electrons. The van der Waals surface area contributed by atoms with E-state index < -0.39 is 0 Å². The Morgan fingerprint density at radius 1 is 1.04 bits per heavy atom. The summed E-state index contributed by atoms with van der Waals surface area (Å²) in [5.74, 6) is 0.163. The molecular formula is C18H30N4O2+2. The van der Waals surface area contributed by atoms with Crippen molar-refractivity contribution in [1.29, 1.82) is 0 Å². The number of para-hydroxylation sites is 1. The molecule has 0 aliphatic carbocycles. The third-order valence-corrected chi connectivity index (χ3v) is 4.51. The minimum Gasteiger partial charge on any atom is -0.349 e. The van der Waals surface area contributed by atoms with Gasteiger partial charge in [0.1, 0.15) is 26.2 Å². The number of hydrogen-bond acceptors (Lipinski definition) is 2. The van der Waals surface area contributed by atoms with Crippen LogP contribution in [-0.4, -0.2) is 56.6 Å². The highest BCUT2D eigenvalue weighted by atomic mass is 16.2. The normalized spacial score (nSPS) is 22.0. The van der Waals surface area contributed by atoms with Crippen molar-refractivity contribution in [1.82, 2.24) is 5.32 Å². The summed E-state index contributed by atoms with van der Waals surface area (Å²) in [5, 5.41) is 5.91. The van der Waals surface area contributed by atoms with Crippen molar-refractivity contribution < 1.29 is 19.4 Å². The second-order valence-corrected chi connectivity index (χ2v) is 6.88. The molecule has 132 valence electrons. The molecule has 1 atom stereocenters. The van der Waals surface area contributed by atoms with E-state index in [9.17, 15) is 9.59 Å². The van der Waals surface area contributed by atoms with Gasteiger partial charge in [0, 0.05) is 11.7 Å². The van der Waals surface area contributed by atoms with E-state index in [-0.39, 0.29) is 23.9 Å². The molecule has 1 aromatic rings. The Hall–Kier alpha value is -1.92. The molecule has 6 nitrogen and oxygen atoms in total. The molecule has 24 heavy (non-hydrogen) atoms. The van der Waals surface area contributed by atoms with E-state index in [0.29, 0.717) is 6.54 Å². The zero-order valence-electron chi connectivity index (χ0n) is 14.9. The fraction of sp³-hybridized carbons (Fsp3) is 0.556. The Morgan fingerprint density at radius 3 is 2.25 bits per heavy atom. The highest BCUT2D eigenvalue weighted by molar-refractivity contribution is 5.93. The first-order valence-electron chi connectivity index (χ1n) is 8.79. The molecular weight excluding hydrogens is 304 g/mol. The highest BCUT2D eigenvalue weighted by Gasteiger charge is 2.31. The number of carbonyl (C=O) groups is 2. The van der Waals surface area contributed by atoms with Gasteiger partial charge in [-0.1, -0.05) is 18.2 Å². The van der Waals surface area contributed by atoms with Crippen molar-refractivity contribution in [3.05, 3.63) is 30.3 Å². The SMILES string of the molecule is CC(C)NC(=O)C[NH+]1CC[NH+]([C@H](C)C(=O)Nc2ccccc2)CC1. The molecule has 0 saturated carbocycles. The lowest BCUT2D eigenvalue weighted by atomic mass is 10.2. The molecule has 1 fully saturated rings. The Labute approximate surface area is 144 Å². The molecule has 1 aliphatic heterocycles. The Balaban J connectivity index is 1.77. The van der Waals surface area contributed by atoms with Crippen molar-refractivity contribution >= 4 is 17.5 Å². The topological polar surface area (TPSA) is 67.1 Å². The molecule has 2 rings (SSSR count). The zero-order valence-corrected chi connectivity index (χ0v) is 14.9. The number of piperazine rings is 1. The molecule has 0 spiro atoms. The van der Waals surface area contributed by atoms with Crippen LogP contribution in [0.5, 0.6) is 0 Å². The van der Waals surface area contributed by atoms with E-state index in [1.807, 2.05) is 51.1 Å². The van der Waals surface area contributed by atoms with E-state index in [0.717, 1.165) is 31.9 Å². The number of anilines is 1. The smallest absolute Gasteiger partial charge is 0.282 e. The molecule has 0 unspecified atom stereocenters. The maximum atomic E-state index is 12.4. The van der Waals surface area contributed by atoms with Gasteiger partial charge in [-0.25, -0.2) is 0 Å². The van der Waals surface area contributed by atoms with E-state index in [1.54, 1.807) is 0 Å². The molecule has 1 aliphatic rings. The lowest BCUT2D eigenvalue weighted by molar-refractivity contribution is -1.01. The highest BCUT2D eigenvalue weighted by Crippen LogP contribution is 2.04. The van der Waals surface area contributed by atoms with Crippen LogP contribution in [0.25, 0.3) is 0 Å². The van der Waals surface area contributed by atoms with Crippen LogP contribution in [0.2, 0.25) is 0 Å². The Bertz CT molecular complexity index is 539. The van der Waals surface area contributed by atoms with Crippen molar-refractivity contribution in [2.45, 2.75) is 32.9 Å². The first-order valence-corrected chi connectivity index (χ1v) is 8.79. The minimum absolute atomic E-state index is 0.0530. The summed E-state index contributed by atoms with van der Waals surface area (Å²) in [6, 6.07) is 9.66. The van der Waals surface area contributed by atoms with Crippen molar-refractivity contribution in [2.24, 2.45) is 0 Å². The Kier molecular flexibility index (Phi) is 6.75. The van der Waals surface area contributed by atoms with Gasteiger partial charge in [-0.15, -0.1) is 0 Å². The van der Waals surface area contributed by atoms with Crippen LogP contribution >= 0.6 is 0 Å². The van der Waals surface area contributed by atoms with Crippen LogP contribution in [0, 0.1) is 0 Å². The monoisotopic (exact) mass is 334 g/mol. The maximum absolute atomic E-state index is 12.4. The lowest BCUT2D eigenvalue weighted by Crippen LogP contribution is -3.30. The van der Waals surface area contributed by atoms with Crippen LogP contribution in [0.4, 0.5) is 5.69 Å². The average Bonchev–Trinajstić information content (AvgIpc) is 2.55. The summed E-state index contributed by atoms with van der Waals surface area (Å²) >= 11 is 0. The fourth-order valence-corrected chi connectivity index (χ4v) is 3.09. The predicted molar refractivity (Wildman–Crippen MR) is 94.1 cm³/mol.